The van der Waals surface area contributed by atoms with Gasteiger partial charge >= 0.3 is 0 Å². The van der Waals surface area contributed by atoms with Crippen molar-refractivity contribution in [3.8, 4) is 46.0 Å². The fourth-order valence-electron chi connectivity index (χ4n) is 4.61. The lowest BCUT2D eigenvalue weighted by Gasteiger charge is -2.35. The monoisotopic (exact) mass is 526 g/mol. The molecule has 2 heterocycles. The average Bonchev–Trinajstić information content (AvgIpc) is 2.93. The maximum atomic E-state index is 13.1. The fourth-order valence-corrected chi connectivity index (χ4v) is 4.61. The Bertz CT molecular complexity index is 1390. The van der Waals surface area contributed by atoms with Crippen molar-refractivity contribution in [1.29, 1.82) is 0 Å². The van der Waals surface area contributed by atoms with Crippen molar-refractivity contribution in [2.75, 3.05) is 27.9 Å². The number of phenolic OH excluding ortho intramolecular Hbond substituents is 2. The number of aliphatic hydroxyl groups excluding tert-OH is 2. The first-order valence-electron chi connectivity index (χ1n) is 11.6. The van der Waals surface area contributed by atoms with E-state index < -0.39 is 36.8 Å². The quantitative estimate of drug-likeness (QED) is 0.375. The van der Waals surface area contributed by atoms with Gasteiger partial charge in [0, 0.05) is 23.3 Å². The highest BCUT2D eigenvalue weighted by Gasteiger charge is 2.41. The third-order valence-corrected chi connectivity index (χ3v) is 6.51. The second kappa shape index (κ2) is 9.84. The number of fused-ring (bicyclic) bond motifs is 2. The average molecular weight is 526 g/mol. The molecule has 0 amide bonds. The molecule has 4 N–H and O–H groups in total. The van der Waals surface area contributed by atoms with Crippen molar-refractivity contribution in [2.24, 2.45) is 0 Å². The van der Waals surface area contributed by atoms with E-state index in [0.717, 1.165) is 0 Å². The van der Waals surface area contributed by atoms with Crippen LogP contribution in [0, 0.1) is 0 Å². The van der Waals surface area contributed by atoms with Crippen molar-refractivity contribution in [1.82, 2.24) is 0 Å². The molecule has 3 aromatic rings. The lowest BCUT2D eigenvalue weighted by molar-refractivity contribution is -0.0148. The van der Waals surface area contributed by atoms with E-state index in [9.17, 15) is 25.2 Å². The van der Waals surface area contributed by atoms with Gasteiger partial charge in [0.1, 0.15) is 22.8 Å². The molecule has 0 saturated carbocycles. The summed E-state index contributed by atoms with van der Waals surface area (Å²) < 4.78 is 33.7. The van der Waals surface area contributed by atoms with Crippen molar-refractivity contribution in [3.63, 3.8) is 0 Å². The van der Waals surface area contributed by atoms with Crippen molar-refractivity contribution < 1.29 is 53.6 Å². The van der Waals surface area contributed by atoms with Crippen LogP contribution in [0.4, 0.5) is 0 Å². The number of Topliss-reactive ketones (excluding diaryl/α,β-unsaturated/α-hetero) is 1. The van der Waals surface area contributed by atoms with Crippen LogP contribution in [0.15, 0.2) is 42.5 Å². The first-order chi connectivity index (χ1) is 18.3. The Hall–Kier alpha value is -4.35. The largest absolute Gasteiger partial charge is 0.504 e. The zero-order chi connectivity index (χ0) is 27.1. The molecule has 0 fully saturated rings. The van der Waals surface area contributed by atoms with Gasteiger partial charge in [-0.2, -0.15) is 0 Å². The van der Waals surface area contributed by atoms with Gasteiger partial charge in [-0.05, 0) is 24.3 Å². The molecule has 0 saturated heterocycles. The number of rotatable bonds is 6. The Morgan fingerprint density at radius 3 is 2.21 bits per heavy atom. The van der Waals surface area contributed by atoms with Crippen LogP contribution >= 0.6 is 0 Å². The summed E-state index contributed by atoms with van der Waals surface area (Å²) in [7, 11) is 4.25. The van der Waals surface area contributed by atoms with Crippen LogP contribution in [0.3, 0.4) is 0 Å². The number of phenols is 2. The van der Waals surface area contributed by atoms with Crippen molar-refractivity contribution in [3.05, 3.63) is 59.2 Å². The molecule has 38 heavy (non-hydrogen) atoms. The van der Waals surface area contributed by atoms with E-state index >= 15 is 0 Å². The minimum Gasteiger partial charge on any atom is -0.504 e. The Morgan fingerprint density at radius 1 is 0.789 bits per heavy atom. The van der Waals surface area contributed by atoms with E-state index in [2.05, 4.69) is 0 Å². The second-order valence-corrected chi connectivity index (χ2v) is 8.73. The molecule has 4 unspecified atom stereocenters. The zero-order valence-electron chi connectivity index (χ0n) is 20.7. The number of ether oxygens (including phenoxy) is 6. The Kier molecular flexibility index (Phi) is 6.55. The van der Waals surface area contributed by atoms with Crippen LogP contribution in [0.25, 0.3) is 0 Å². The number of benzene rings is 3. The maximum absolute atomic E-state index is 13.1. The Morgan fingerprint density at radius 2 is 1.53 bits per heavy atom. The van der Waals surface area contributed by atoms with Gasteiger partial charge in [0.2, 0.25) is 11.5 Å². The summed E-state index contributed by atoms with van der Waals surface area (Å²) in [6, 6.07) is 10.4. The maximum Gasteiger partial charge on any atom is 0.203 e. The van der Waals surface area contributed by atoms with E-state index in [-0.39, 0.29) is 51.4 Å². The lowest BCUT2D eigenvalue weighted by Crippen LogP contribution is -2.37. The van der Waals surface area contributed by atoms with Crippen LogP contribution in [-0.4, -0.2) is 66.4 Å². The Labute approximate surface area is 217 Å². The van der Waals surface area contributed by atoms with Crippen LogP contribution in [-0.2, 0) is 0 Å². The van der Waals surface area contributed by atoms with Gasteiger partial charge in [0.15, 0.2) is 47.4 Å². The Balaban J connectivity index is 1.53. The van der Waals surface area contributed by atoms with Gasteiger partial charge in [0.25, 0.3) is 0 Å². The number of aliphatic hydroxyl groups is 2. The minimum absolute atomic E-state index is 0.0184. The molecule has 0 bridgehead atoms. The molecule has 2 aliphatic heterocycles. The van der Waals surface area contributed by atoms with E-state index in [1.54, 1.807) is 12.1 Å². The first kappa shape index (κ1) is 25.3. The smallest absolute Gasteiger partial charge is 0.203 e. The molecular formula is C27H26O11. The number of hydrogen-bond acceptors (Lipinski definition) is 11. The summed E-state index contributed by atoms with van der Waals surface area (Å²) in [6.07, 6.45) is -4.55. The van der Waals surface area contributed by atoms with Gasteiger partial charge in [-0.15, -0.1) is 0 Å². The third-order valence-electron chi connectivity index (χ3n) is 6.51. The standard InChI is InChI=1S/C27H26O11/c1-33-14-9-18(35-3)22-19(10-14)36-26(24(32)23(22)31)13-6-16(30)27-20(8-13)37-25(21(11-28)38-27)12-4-5-15(29)17(7-12)34-2/h4-10,21,24-26,28-30,32H,11H2,1-3H3. The van der Waals surface area contributed by atoms with Gasteiger partial charge in [-0.3, -0.25) is 4.79 Å². The summed E-state index contributed by atoms with van der Waals surface area (Å²) in [5.41, 5.74) is 0.847. The molecule has 0 aromatic heterocycles. The number of hydrogen-bond donors (Lipinski definition) is 4. The summed E-state index contributed by atoms with van der Waals surface area (Å²) in [5.74, 6) is -0.0405. The van der Waals surface area contributed by atoms with Crippen LogP contribution < -0.4 is 28.4 Å². The molecule has 11 nitrogen and oxygen atoms in total. The molecule has 200 valence electrons. The number of aromatic hydroxyl groups is 2. The van der Waals surface area contributed by atoms with E-state index in [4.69, 9.17) is 28.4 Å². The van der Waals surface area contributed by atoms with Crippen LogP contribution in [0.5, 0.6) is 46.0 Å². The van der Waals surface area contributed by atoms with Crippen molar-refractivity contribution >= 4 is 5.78 Å². The molecule has 0 spiro atoms. The summed E-state index contributed by atoms with van der Waals surface area (Å²) >= 11 is 0. The number of ketones is 1. The third kappa shape index (κ3) is 4.15. The van der Waals surface area contributed by atoms with Crippen LogP contribution in [0.2, 0.25) is 0 Å². The second-order valence-electron chi connectivity index (χ2n) is 8.73. The normalized spacial score (nSPS) is 21.8. The molecule has 11 heteroatoms. The topological polar surface area (TPSA) is 153 Å². The van der Waals surface area contributed by atoms with E-state index in [1.165, 1.54) is 51.7 Å². The molecule has 0 radical (unpaired) electrons. The predicted octanol–water partition coefficient (Wildman–Crippen LogP) is 2.67. The number of carbonyl (C=O) groups is 1. The molecule has 3 aromatic carbocycles. The molecule has 0 aliphatic carbocycles. The zero-order valence-corrected chi connectivity index (χ0v) is 20.7. The van der Waals surface area contributed by atoms with E-state index in [1.807, 2.05) is 0 Å². The van der Waals surface area contributed by atoms with Crippen molar-refractivity contribution in [2.45, 2.75) is 24.4 Å². The molecule has 2 aliphatic rings. The van der Waals surface area contributed by atoms with Gasteiger partial charge in [-0.25, -0.2) is 0 Å². The van der Waals surface area contributed by atoms with E-state index in [0.29, 0.717) is 11.3 Å². The summed E-state index contributed by atoms with van der Waals surface area (Å²) in [5, 5.41) is 41.5. The number of methoxy groups -OCH3 is 3. The molecule has 5 rings (SSSR count). The number of carbonyl (C=O) groups excluding carboxylic acids is 1. The highest BCUT2D eigenvalue weighted by atomic mass is 16.6. The first-order valence-corrected chi connectivity index (χ1v) is 11.6. The van der Waals surface area contributed by atoms with Crippen LogP contribution in [0.1, 0.15) is 33.7 Å². The SMILES string of the molecule is COc1cc(OC)c2c(c1)OC(c1cc(O)c3c(c1)OC(c1ccc(O)c(OC)c1)C(CO)O3)C(O)C2=O. The minimum atomic E-state index is -1.62. The van der Waals surface area contributed by atoms with Gasteiger partial charge in [-0.1, -0.05) is 6.07 Å². The van der Waals surface area contributed by atoms with Gasteiger partial charge < -0.3 is 48.8 Å². The molecular weight excluding hydrogens is 500 g/mol. The lowest BCUT2D eigenvalue weighted by atomic mass is 9.92. The van der Waals surface area contributed by atoms with Gasteiger partial charge in [0.05, 0.1) is 27.9 Å². The fraction of sp³-hybridized carbons (Fsp3) is 0.296. The summed E-state index contributed by atoms with van der Waals surface area (Å²) in [4.78, 5) is 13.1. The summed E-state index contributed by atoms with van der Waals surface area (Å²) in [6.45, 7) is -0.437. The molecule has 4 atom stereocenters. The highest BCUT2D eigenvalue weighted by Crippen LogP contribution is 2.49. The highest BCUT2D eigenvalue weighted by molar-refractivity contribution is 6.05. The predicted molar refractivity (Wildman–Crippen MR) is 131 cm³/mol.